The topological polar surface area (TPSA) is 52.1 Å². The smallest absolute Gasteiger partial charge is 0.191 e. The van der Waals surface area contributed by atoms with Gasteiger partial charge < -0.3 is 20.3 Å². The molecule has 156 valence electrons. The molecule has 2 unspecified atom stereocenters. The second kappa shape index (κ2) is 10.7. The van der Waals surface area contributed by atoms with Crippen LogP contribution in [-0.2, 0) is 0 Å². The second-order valence-electron chi connectivity index (χ2n) is 8.00. The summed E-state index contributed by atoms with van der Waals surface area (Å²) in [7, 11) is 5.79. The van der Waals surface area contributed by atoms with Crippen LogP contribution in [0.4, 0.5) is 0 Å². The first-order valence-electron chi connectivity index (χ1n) is 10.7. The number of nitrogens with one attached hydrogen (secondary N) is 2. The van der Waals surface area contributed by atoms with Gasteiger partial charge in [0.15, 0.2) is 5.96 Å². The predicted octanol–water partition coefficient (Wildman–Crippen LogP) is 2.48. The molecule has 0 amide bonds. The third kappa shape index (κ3) is 5.61. The number of likely N-dealkylation sites (N-methyl/N-ethyl adjacent to an activating group) is 1. The quantitative estimate of drug-likeness (QED) is 0.556. The van der Waals surface area contributed by atoms with Gasteiger partial charge in [0.1, 0.15) is 5.75 Å². The van der Waals surface area contributed by atoms with E-state index < -0.39 is 0 Å². The molecule has 6 heteroatoms. The van der Waals surface area contributed by atoms with Crippen LogP contribution in [0.5, 0.6) is 5.75 Å². The van der Waals surface area contributed by atoms with Gasteiger partial charge in [-0.15, -0.1) is 0 Å². The Morgan fingerprint density at radius 1 is 1.11 bits per heavy atom. The Morgan fingerprint density at radius 3 is 2.46 bits per heavy atom. The summed E-state index contributed by atoms with van der Waals surface area (Å²) in [6.45, 7) is 5.33. The number of piperidine rings is 1. The van der Waals surface area contributed by atoms with Crippen molar-refractivity contribution in [1.29, 1.82) is 0 Å². The van der Waals surface area contributed by atoms with Crippen molar-refractivity contribution in [2.24, 2.45) is 4.99 Å². The molecule has 2 aliphatic heterocycles. The lowest BCUT2D eigenvalue weighted by atomic mass is 10.0. The molecule has 1 aromatic carbocycles. The molecule has 2 N–H and O–H groups in total. The Bertz CT molecular complexity index is 612. The zero-order chi connectivity index (χ0) is 19.8. The first-order valence-corrected chi connectivity index (χ1v) is 10.7. The van der Waals surface area contributed by atoms with Crippen molar-refractivity contribution >= 4 is 5.96 Å². The molecule has 0 aromatic heterocycles. The van der Waals surface area contributed by atoms with Gasteiger partial charge >= 0.3 is 0 Å². The van der Waals surface area contributed by atoms with Gasteiger partial charge in [-0.05, 0) is 70.1 Å². The van der Waals surface area contributed by atoms with E-state index >= 15 is 0 Å². The van der Waals surface area contributed by atoms with Crippen LogP contribution in [0.15, 0.2) is 29.3 Å². The molecular weight excluding hydrogens is 350 g/mol. The van der Waals surface area contributed by atoms with Gasteiger partial charge in [0.25, 0.3) is 0 Å². The highest BCUT2D eigenvalue weighted by Crippen LogP contribution is 2.25. The first-order chi connectivity index (χ1) is 13.7. The van der Waals surface area contributed by atoms with E-state index in [1.165, 1.54) is 44.2 Å². The monoisotopic (exact) mass is 387 g/mol. The number of guanidine groups is 1. The van der Waals surface area contributed by atoms with E-state index in [1.807, 2.05) is 7.05 Å². The maximum atomic E-state index is 5.34. The highest BCUT2D eigenvalue weighted by Gasteiger charge is 2.24. The summed E-state index contributed by atoms with van der Waals surface area (Å²) in [5.74, 6) is 1.81. The lowest BCUT2D eigenvalue weighted by molar-refractivity contribution is 0.164. The number of nitrogens with zero attached hydrogens (tertiary/aromatic N) is 3. The summed E-state index contributed by atoms with van der Waals surface area (Å²) >= 11 is 0. The Morgan fingerprint density at radius 2 is 1.86 bits per heavy atom. The minimum atomic E-state index is 0.346. The van der Waals surface area contributed by atoms with E-state index in [0.29, 0.717) is 12.1 Å². The fourth-order valence-corrected chi connectivity index (χ4v) is 4.38. The van der Waals surface area contributed by atoms with E-state index in [9.17, 15) is 0 Å². The van der Waals surface area contributed by atoms with Crippen LogP contribution in [0, 0.1) is 0 Å². The number of benzene rings is 1. The van der Waals surface area contributed by atoms with E-state index in [-0.39, 0.29) is 0 Å². The number of ether oxygens (including phenoxy) is 1. The van der Waals surface area contributed by atoms with Crippen molar-refractivity contribution in [2.75, 3.05) is 53.9 Å². The van der Waals surface area contributed by atoms with Crippen molar-refractivity contribution in [3.05, 3.63) is 29.8 Å². The first kappa shape index (κ1) is 20.9. The van der Waals surface area contributed by atoms with E-state index in [0.717, 1.165) is 37.9 Å². The summed E-state index contributed by atoms with van der Waals surface area (Å²) in [5.41, 5.74) is 1.33. The van der Waals surface area contributed by atoms with Crippen LogP contribution in [0.25, 0.3) is 0 Å². The standard InChI is InChI=1S/C22H37N5O/c1-23-22(24-16-19-8-7-13-26(19)2)25-17-21(27-14-5-4-6-15-27)18-9-11-20(28-3)12-10-18/h9-12,19,21H,4-8,13-17H2,1-3H3,(H2,23,24,25). The summed E-state index contributed by atoms with van der Waals surface area (Å²) in [6.07, 6.45) is 6.48. The largest absolute Gasteiger partial charge is 0.497 e. The maximum Gasteiger partial charge on any atom is 0.191 e. The van der Waals surface area contributed by atoms with Crippen LogP contribution >= 0.6 is 0 Å². The van der Waals surface area contributed by atoms with Gasteiger partial charge in [-0.1, -0.05) is 18.6 Å². The lowest BCUT2D eigenvalue weighted by Gasteiger charge is -2.35. The van der Waals surface area contributed by atoms with Crippen molar-refractivity contribution in [2.45, 2.75) is 44.2 Å². The number of hydrogen-bond donors (Lipinski definition) is 2. The highest BCUT2D eigenvalue weighted by atomic mass is 16.5. The molecule has 2 heterocycles. The molecule has 0 radical (unpaired) electrons. The molecule has 3 rings (SSSR count). The normalized spacial score (nSPS) is 22.8. The van der Waals surface area contributed by atoms with Crippen molar-refractivity contribution in [3.63, 3.8) is 0 Å². The SMILES string of the molecule is CN=C(NCC1CCCN1C)NCC(c1ccc(OC)cc1)N1CCCCC1. The molecule has 28 heavy (non-hydrogen) atoms. The number of aliphatic imine (C=N–C) groups is 1. The fraction of sp³-hybridized carbons (Fsp3) is 0.682. The minimum absolute atomic E-state index is 0.346. The van der Waals surface area contributed by atoms with Gasteiger partial charge in [0.05, 0.1) is 13.2 Å². The minimum Gasteiger partial charge on any atom is -0.497 e. The zero-order valence-corrected chi connectivity index (χ0v) is 17.8. The van der Waals surface area contributed by atoms with Gasteiger partial charge in [-0.25, -0.2) is 0 Å². The van der Waals surface area contributed by atoms with Gasteiger partial charge in [0, 0.05) is 26.2 Å². The second-order valence-corrected chi connectivity index (χ2v) is 8.00. The average Bonchev–Trinajstić information content (AvgIpc) is 3.16. The van der Waals surface area contributed by atoms with Gasteiger partial charge in [0.2, 0.25) is 0 Å². The van der Waals surface area contributed by atoms with Crippen LogP contribution in [0.3, 0.4) is 0 Å². The average molecular weight is 388 g/mol. The summed E-state index contributed by atoms with van der Waals surface area (Å²) < 4.78 is 5.34. The van der Waals surface area contributed by atoms with Crippen molar-refractivity contribution in [1.82, 2.24) is 20.4 Å². The molecule has 0 spiro atoms. The summed E-state index contributed by atoms with van der Waals surface area (Å²) in [5, 5.41) is 7.11. The third-order valence-corrected chi connectivity index (χ3v) is 6.20. The van der Waals surface area contributed by atoms with Crippen LogP contribution in [0.1, 0.15) is 43.7 Å². The molecule has 0 saturated carbocycles. The van der Waals surface area contributed by atoms with E-state index in [4.69, 9.17) is 4.74 Å². The van der Waals surface area contributed by atoms with E-state index in [2.05, 4.69) is 56.7 Å². The van der Waals surface area contributed by atoms with Crippen molar-refractivity contribution < 1.29 is 4.74 Å². The lowest BCUT2D eigenvalue weighted by Crippen LogP contribution is -2.47. The Kier molecular flexibility index (Phi) is 7.98. The maximum absolute atomic E-state index is 5.34. The molecule has 2 fully saturated rings. The zero-order valence-electron chi connectivity index (χ0n) is 17.8. The molecule has 2 saturated heterocycles. The van der Waals surface area contributed by atoms with Gasteiger partial charge in [-0.3, -0.25) is 9.89 Å². The predicted molar refractivity (Wildman–Crippen MR) is 116 cm³/mol. The van der Waals surface area contributed by atoms with Crippen LogP contribution in [0.2, 0.25) is 0 Å². The number of rotatable bonds is 7. The van der Waals surface area contributed by atoms with Gasteiger partial charge in [-0.2, -0.15) is 0 Å². The molecule has 1 aromatic rings. The van der Waals surface area contributed by atoms with Crippen molar-refractivity contribution in [3.8, 4) is 5.75 Å². The molecule has 2 aliphatic rings. The number of hydrogen-bond acceptors (Lipinski definition) is 4. The number of likely N-dealkylation sites (tertiary alicyclic amines) is 2. The Labute approximate surface area is 170 Å². The number of methoxy groups -OCH3 is 1. The molecular formula is C22H37N5O. The fourth-order valence-electron chi connectivity index (χ4n) is 4.38. The Hall–Kier alpha value is -1.79. The van der Waals surface area contributed by atoms with Crippen LogP contribution in [-0.4, -0.2) is 75.7 Å². The molecule has 0 aliphatic carbocycles. The summed E-state index contributed by atoms with van der Waals surface area (Å²) in [4.78, 5) is 9.50. The van der Waals surface area contributed by atoms with E-state index in [1.54, 1.807) is 7.11 Å². The molecule has 6 nitrogen and oxygen atoms in total. The highest BCUT2D eigenvalue weighted by molar-refractivity contribution is 5.79. The molecule has 0 bridgehead atoms. The summed E-state index contributed by atoms with van der Waals surface area (Å²) in [6, 6.07) is 9.48. The Balaban J connectivity index is 1.60. The van der Waals surface area contributed by atoms with Crippen LogP contribution < -0.4 is 15.4 Å². The third-order valence-electron chi connectivity index (χ3n) is 6.20. The molecule has 2 atom stereocenters.